The van der Waals surface area contributed by atoms with E-state index in [1.54, 1.807) is 0 Å². The normalized spacial score (nSPS) is 16.2. The second-order valence-electron chi connectivity index (χ2n) is 2.31. The highest BCUT2D eigenvalue weighted by atomic mass is 31.2. The Morgan fingerprint density at radius 1 is 1.42 bits per heavy atom. The maximum atomic E-state index is 11.5. The average Bonchev–Trinajstić information content (AvgIpc) is 1.78. The van der Waals surface area contributed by atoms with Crippen molar-refractivity contribution in [1.29, 1.82) is 0 Å². The summed E-state index contributed by atoms with van der Waals surface area (Å²) in [5, 5.41) is 0. The molecule has 12 heavy (non-hydrogen) atoms. The molecule has 0 aromatic heterocycles. The highest BCUT2D eigenvalue weighted by molar-refractivity contribution is 7.52. The fraction of sp³-hybridized carbons (Fsp3) is 1.00. The predicted molar refractivity (Wildman–Crippen MR) is 35.3 cm³/mol. The van der Waals surface area contributed by atoms with Crippen LogP contribution in [0.2, 0.25) is 0 Å². The van der Waals surface area contributed by atoms with Gasteiger partial charge in [-0.1, -0.05) is 0 Å². The lowest BCUT2D eigenvalue weighted by Crippen LogP contribution is -2.22. The topological polar surface area (TPSA) is 83.6 Å². The lowest BCUT2D eigenvalue weighted by Gasteiger charge is -2.13. The molecule has 0 aliphatic carbocycles. The number of rotatable bonds is 3. The Kier molecular flexibility index (Phi) is 3.71. The first-order chi connectivity index (χ1) is 5.13. The number of halogens is 3. The molecule has 74 valence electrons. The Balaban J connectivity index is 3.89. The number of nitrogens with two attached hydrogens (primary N) is 1. The third-order valence-electron chi connectivity index (χ3n) is 1.16. The van der Waals surface area contributed by atoms with Gasteiger partial charge in [0.1, 0.15) is 5.78 Å². The molecule has 4 nitrogen and oxygen atoms in total. The smallest absolute Gasteiger partial charge is 0.323 e. The first-order valence-corrected chi connectivity index (χ1v) is 4.68. The van der Waals surface area contributed by atoms with Gasteiger partial charge in [0.05, 0.1) is 0 Å². The maximum absolute atomic E-state index is 11.5. The summed E-state index contributed by atoms with van der Waals surface area (Å²) in [5.41, 5.74) is 4.79. The van der Waals surface area contributed by atoms with Gasteiger partial charge < -0.3 is 15.5 Å². The molecule has 8 heteroatoms. The number of hydrogen-bond donors (Lipinski definition) is 3. The molecule has 0 aromatic rings. The van der Waals surface area contributed by atoms with Crippen LogP contribution in [-0.4, -0.2) is 21.7 Å². The first kappa shape index (κ1) is 11.9. The number of alkyl halides is 3. The minimum atomic E-state index is -4.57. The van der Waals surface area contributed by atoms with Crippen molar-refractivity contribution in [2.75, 3.05) is 0 Å². The average molecular weight is 207 g/mol. The van der Waals surface area contributed by atoms with Gasteiger partial charge in [0, 0.05) is 6.42 Å². The molecule has 0 saturated heterocycles. The third kappa shape index (κ3) is 5.54. The Morgan fingerprint density at radius 2 is 1.83 bits per heavy atom. The second kappa shape index (κ2) is 3.74. The lowest BCUT2D eigenvalue weighted by atomic mass is 10.3. The Morgan fingerprint density at radius 3 is 2.08 bits per heavy atom. The van der Waals surface area contributed by atoms with E-state index in [-0.39, 0.29) is 0 Å². The van der Waals surface area contributed by atoms with Crippen LogP contribution in [0.1, 0.15) is 12.8 Å². The SMILES string of the molecule is NC(CCC(F)(F)F)P(=O)(O)O. The van der Waals surface area contributed by atoms with E-state index in [1.165, 1.54) is 0 Å². The van der Waals surface area contributed by atoms with Crippen molar-refractivity contribution in [1.82, 2.24) is 0 Å². The Labute approximate surface area is 66.7 Å². The molecule has 0 amide bonds. The van der Waals surface area contributed by atoms with Crippen LogP contribution in [0.4, 0.5) is 13.2 Å². The van der Waals surface area contributed by atoms with Crippen molar-refractivity contribution in [2.45, 2.75) is 24.8 Å². The van der Waals surface area contributed by atoms with E-state index in [4.69, 9.17) is 15.5 Å². The van der Waals surface area contributed by atoms with Gasteiger partial charge in [-0.05, 0) is 6.42 Å². The number of hydrogen-bond acceptors (Lipinski definition) is 2. The van der Waals surface area contributed by atoms with Crippen molar-refractivity contribution >= 4 is 7.60 Å². The first-order valence-electron chi connectivity index (χ1n) is 3.00. The molecule has 0 aliphatic heterocycles. The summed E-state index contributed by atoms with van der Waals surface area (Å²) < 4.78 is 44.7. The van der Waals surface area contributed by atoms with Crippen LogP contribution in [0, 0.1) is 0 Å². The maximum Gasteiger partial charge on any atom is 0.389 e. The van der Waals surface area contributed by atoms with Crippen molar-refractivity contribution in [3.63, 3.8) is 0 Å². The summed E-state index contributed by atoms with van der Waals surface area (Å²) in [6.45, 7) is 0. The van der Waals surface area contributed by atoms with Gasteiger partial charge >= 0.3 is 13.8 Å². The minimum absolute atomic E-state index is 0.756. The van der Waals surface area contributed by atoms with E-state index in [2.05, 4.69) is 0 Å². The van der Waals surface area contributed by atoms with Crippen LogP contribution in [0.3, 0.4) is 0 Å². The molecule has 0 radical (unpaired) electrons. The fourth-order valence-electron chi connectivity index (χ4n) is 0.480. The molecule has 0 heterocycles. The highest BCUT2D eigenvalue weighted by Crippen LogP contribution is 2.41. The van der Waals surface area contributed by atoms with Crippen LogP contribution in [0.25, 0.3) is 0 Å². The van der Waals surface area contributed by atoms with Gasteiger partial charge in [0.2, 0.25) is 0 Å². The van der Waals surface area contributed by atoms with Gasteiger partial charge in [0.15, 0.2) is 0 Å². The summed E-state index contributed by atoms with van der Waals surface area (Å²) in [6.07, 6.45) is -6.46. The molecule has 0 saturated carbocycles. The van der Waals surface area contributed by atoms with Crippen LogP contribution in [0.5, 0.6) is 0 Å². The van der Waals surface area contributed by atoms with Gasteiger partial charge in [-0.25, -0.2) is 0 Å². The molecule has 1 atom stereocenters. The lowest BCUT2D eigenvalue weighted by molar-refractivity contribution is -0.135. The molecule has 0 bridgehead atoms. The monoisotopic (exact) mass is 207 g/mol. The minimum Gasteiger partial charge on any atom is -0.323 e. The van der Waals surface area contributed by atoms with E-state index < -0.39 is 32.4 Å². The van der Waals surface area contributed by atoms with Crippen molar-refractivity contribution in [2.24, 2.45) is 5.73 Å². The Bertz CT molecular complexity index is 188. The molecule has 0 aliphatic rings. The van der Waals surface area contributed by atoms with Crippen molar-refractivity contribution in [3.05, 3.63) is 0 Å². The molecule has 1 unspecified atom stereocenters. The van der Waals surface area contributed by atoms with E-state index in [1.807, 2.05) is 0 Å². The summed E-state index contributed by atoms with van der Waals surface area (Å²) in [7, 11) is -4.57. The van der Waals surface area contributed by atoms with Gasteiger partial charge in [-0.3, -0.25) is 4.57 Å². The van der Waals surface area contributed by atoms with Gasteiger partial charge in [-0.15, -0.1) is 0 Å². The van der Waals surface area contributed by atoms with E-state index in [9.17, 15) is 17.7 Å². The second-order valence-corrected chi connectivity index (χ2v) is 4.15. The molecule has 0 spiro atoms. The zero-order valence-corrected chi connectivity index (χ0v) is 6.85. The van der Waals surface area contributed by atoms with E-state index >= 15 is 0 Å². The summed E-state index contributed by atoms with van der Waals surface area (Å²) >= 11 is 0. The largest absolute Gasteiger partial charge is 0.389 e. The molecule has 0 fully saturated rings. The van der Waals surface area contributed by atoms with E-state index in [0.717, 1.165) is 0 Å². The Hall–Kier alpha value is -0.100. The van der Waals surface area contributed by atoms with Crippen LogP contribution < -0.4 is 5.73 Å². The van der Waals surface area contributed by atoms with Gasteiger partial charge in [0.25, 0.3) is 0 Å². The van der Waals surface area contributed by atoms with Crippen LogP contribution in [0.15, 0.2) is 0 Å². The van der Waals surface area contributed by atoms with E-state index in [0.29, 0.717) is 0 Å². The summed E-state index contributed by atoms with van der Waals surface area (Å²) in [5.74, 6) is -1.72. The third-order valence-corrected chi connectivity index (χ3v) is 2.28. The molecular weight excluding hydrogens is 198 g/mol. The summed E-state index contributed by atoms with van der Waals surface area (Å²) in [6, 6.07) is 0. The summed E-state index contributed by atoms with van der Waals surface area (Å²) in [4.78, 5) is 16.6. The quantitative estimate of drug-likeness (QED) is 0.597. The van der Waals surface area contributed by atoms with Crippen LogP contribution in [-0.2, 0) is 4.57 Å². The highest BCUT2D eigenvalue weighted by Gasteiger charge is 2.32. The van der Waals surface area contributed by atoms with Crippen molar-refractivity contribution in [3.8, 4) is 0 Å². The standard InChI is InChI=1S/C4H9F3NO3P/c5-4(6,7)2-1-3(8)12(9,10)11/h3H,1-2,8H2,(H2,9,10,11). The van der Waals surface area contributed by atoms with Gasteiger partial charge in [-0.2, -0.15) is 13.2 Å². The zero-order valence-electron chi connectivity index (χ0n) is 5.95. The molecular formula is C4H9F3NO3P. The predicted octanol–water partition coefficient (Wildman–Crippen LogP) is 0.791. The van der Waals surface area contributed by atoms with Crippen molar-refractivity contribution < 1.29 is 27.5 Å². The molecule has 0 aromatic carbocycles. The molecule has 0 rings (SSSR count). The zero-order chi connectivity index (χ0) is 9.99. The fourth-order valence-corrected chi connectivity index (χ4v) is 0.945. The molecule has 4 N–H and O–H groups in total. The van der Waals surface area contributed by atoms with Crippen LogP contribution >= 0.6 is 7.60 Å².